The SMILES string of the molecule is NCCNc1ccc([N+](=O)[O-])c(NCCOc2ccccc2)c1. The first kappa shape index (κ1) is 16.6. The summed E-state index contributed by atoms with van der Waals surface area (Å²) >= 11 is 0. The Morgan fingerprint density at radius 3 is 2.57 bits per heavy atom. The number of nitrogens with two attached hydrogens (primary N) is 1. The molecule has 0 aliphatic carbocycles. The number of anilines is 2. The van der Waals surface area contributed by atoms with Crippen LogP contribution in [-0.4, -0.2) is 31.2 Å². The van der Waals surface area contributed by atoms with E-state index in [1.165, 1.54) is 6.07 Å². The number of nitro benzene ring substituents is 1. The number of nitrogens with one attached hydrogen (secondary N) is 2. The van der Waals surface area contributed by atoms with Crippen LogP contribution in [0, 0.1) is 10.1 Å². The second-order valence-corrected chi connectivity index (χ2v) is 4.79. The summed E-state index contributed by atoms with van der Waals surface area (Å²) in [7, 11) is 0. The van der Waals surface area contributed by atoms with Crippen LogP contribution in [0.2, 0.25) is 0 Å². The molecule has 7 heteroatoms. The molecule has 2 rings (SSSR count). The van der Waals surface area contributed by atoms with E-state index < -0.39 is 4.92 Å². The zero-order valence-corrected chi connectivity index (χ0v) is 12.7. The summed E-state index contributed by atoms with van der Waals surface area (Å²) in [5, 5.41) is 17.2. The van der Waals surface area contributed by atoms with Gasteiger partial charge in [0.25, 0.3) is 5.69 Å². The number of nitrogens with zero attached hydrogens (tertiary/aromatic N) is 1. The highest BCUT2D eigenvalue weighted by molar-refractivity contribution is 5.68. The van der Waals surface area contributed by atoms with E-state index in [4.69, 9.17) is 10.5 Å². The fourth-order valence-corrected chi connectivity index (χ4v) is 2.03. The van der Waals surface area contributed by atoms with E-state index in [1.807, 2.05) is 30.3 Å². The Hall–Kier alpha value is -2.80. The Morgan fingerprint density at radius 2 is 1.87 bits per heavy atom. The lowest BCUT2D eigenvalue weighted by atomic mass is 10.2. The summed E-state index contributed by atoms with van der Waals surface area (Å²) in [6.45, 7) is 1.96. The molecule has 0 saturated carbocycles. The molecule has 0 fully saturated rings. The van der Waals surface area contributed by atoms with Crippen molar-refractivity contribution < 1.29 is 9.66 Å². The van der Waals surface area contributed by atoms with Crippen LogP contribution in [0.5, 0.6) is 5.75 Å². The van der Waals surface area contributed by atoms with Crippen molar-refractivity contribution in [2.45, 2.75) is 0 Å². The highest BCUT2D eigenvalue weighted by Crippen LogP contribution is 2.27. The van der Waals surface area contributed by atoms with Crippen LogP contribution >= 0.6 is 0 Å². The van der Waals surface area contributed by atoms with Crippen LogP contribution in [-0.2, 0) is 0 Å². The smallest absolute Gasteiger partial charge is 0.292 e. The Bertz CT molecular complexity index is 634. The molecule has 0 aromatic heterocycles. The number of nitro groups is 1. The van der Waals surface area contributed by atoms with Crippen molar-refractivity contribution in [3.63, 3.8) is 0 Å². The third kappa shape index (κ3) is 5.15. The van der Waals surface area contributed by atoms with Crippen LogP contribution in [0.4, 0.5) is 17.1 Å². The predicted octanol–water partition coefficient (Wildman–Crippen LogP) is 2.46. The summed E-state index contributed by atoms with van der Waals surface area (Å²) in [6, 6.07) is 14.3. The van der Waals surface area contributed by atoms with Crippen molar-refractivity contribution in [2.24, 2.45) is 5.73 Å². The van der Waals surface area contributed by atoms with Crippen LogP contribution < -0.4 is 21.1 Å². The van der Waals surface area contributed by atoms with E-state index in [-0.39, 0.29) is 5.69 Å². The van der Waals surface area contributed by atoms with Crippen molar-refractivity contribution in [1.82, 2.24) is 0 Å². The van der Waals surface area contributed by atoms with Gasteiger partial charge in [0.05, 0.1) is 4.92 Å². The normalized spacial score (nSPS) is 10.1. The van der Waals surface area contributed by atoms with E-state index in [2.05, 4.69) is 10.6 Å². The average Bonchev–Trinajstić information content (AvgIpc) is 2.57. The maximum absolute atomic E-state index is 11.1. The molecule has 7 nitrogen and oxygen atoms in total. The van der Waals surface area contributed by atoms with Crippen LogP contribution in [0.15, 0.2) is 48.5 Å². The molecule has 0 aliphatic rings. The summed E-state index contributed by atoms with van der Waals surface area (Å²) in [6.07, 6.45) is 0. The number of para-hydroxylation sites is 1. The van der Waals surface area contributed by atoms with Crippen molar-refractivity contribution in [1.29, 1.82) is 0 Å². The first-order valence-electron chi connectivity index (χ1n) is 7.35. The minimum Gasteiger partial charge on any atom is -0.492 e. The van der Waals surface area contributed by atoms with Crippen molar-refractivity contribution in [3.05, 3.63) is 58.6 Å². The molecule has 2 aromatic carbocycles. The number of ether oxygens (including phenoxy) is 1. The minimum atomic E-state index is -0.410. The largest absolute Gasteiger partial charge is 0.492 e. The van der Waals surface area contributed by atoms with Crippen molar-refractivity contribution >= 4 is 17.1 Å². The second-order valence-electron chi connectivity index (χ2n) is 4.79. The van der Waals surface area contributed by atoms with E-state index in [9.17, 15) is 10.1 Å². The quantitative estimate of drug-likeness (QED) is 0.373. The van der Waals surface area contributed by atoms with Crippen molar-refractivity contribution in [2.75, 3.05) is 36.9 Å². The maximum Gasteiger partial charge on any atom is 0.292 e. The predicted molar refractivity (Wildman–Crippen MR) is 91.1 cm³/mol. The number of hydrogen-bond acceptors (Lipinski definition) is 6. The molecule has 0 unspecified atom stereocenters. The number of benzene rings is 2. The first-order chi connectivity index (χ1) is 11.2. The van der Waals surface area contributed by atoms with Crippen LogP contribution in [0.25, 0.3) is 0 Å². The van der Waals surface area contributed by atoms with Gasteiger partial charge in [-0.25, -0.2) is 0 Å². The minimum absolute atomic E-state index is 0.0306. The van der Waals surface area contributed by atoms with Gasteiger partial charge in [0.1, 0.15) is 18.0 Å². The fraction of sp³-hybridized carbons (Fsp3) is 0.250. The zero-order valence-electron chi connectivity index (χ0n) is 12.7. The van der Waals surface area contributed by atoms with Gasteiger partial charge >= 0.3 is 0 Å². The van der Waals surface area contributed by atoms with Gasteiger partial charge in [-0.15, -0.1) is 0 Å². The van der Waals surface area contributed by atoms with Gasteiger partial charge in [-0.2, -0.15) is 0 Å². The summed E-state index contributed by atoms with van der Waals surface area (Å²) in [5.74, 6) is 0.766. The molecule has 23 heavy (non-hydrogen) atoms. The van der Waals surface area contributed by atoms with E-state index >= 15 is 0 Å². The summed E-state index contributed by atoms with van der Waals surface area (Å²) in [4.78, 5) is 10.7. The van der Waals surface area contributed by atoms with Gasteiger partial charge in [-0.3, -0.25) is 10.1 Å². The average molecular weight is 316 g/mol. The molecule has 0 aliphatic heterocycles. The highest BCUT2D eigenvalue weighted by Gasteiger charge is 2.13. The third-order valence-corrected chi connectivity index (χ3v) is 3.10. The molecule has 122 valence electrons. The van der Waals surface area contributed by atoms with Gasteiger partial charge in [0.2, 0.25) is 0 Å². The number of hydrogen-bond donors (Lipinski definition) is 3. The van der Waals surface area contributed by atoms with Crippen LogP contribution in [0.1, 0.15) is 0 Å². The third-order valence-electron chi connectivity index (χ3n) is 3.10. The molecule has 0 saturated heterocycles. The molecular weight excluding hydrogens is 296 g/mol. The standard InChI is InChI=1S/C16H20N4O3/c17-8-9-18-13-6-7-16(20(21)22)15(12-13)19-10-11-23-14-4-2-1-3-5-14/h1-7,12,18-19H,8-11,17H2. The van der Waals surface area contributed by atoms with Gasteiger partial charge in [-0.05, 0) is 24.3 Å². The van der Waals surface area contributed by atoms with Gasteiger partial charge in [0, 0.05) is 31.4 Å². The Morgan fingerprint density at radius 1 is 1.09 bits per heavy atom. The lowest BCUT2D eigenvalue weighted by Crippen LogP contribution is -2.14. The molecule has 0 atom stereocenters. The lowest BCUT2D eigenvalue weighted by Gasteiger charge is -2.11. The molecule has 0 heterocycles. The topological polar surface area (TPSA) is 102 Å². The van der Waals surface area contributed by atoms with Gasteiger partial charge in [-0.1, -0.05) is 18.2 Å². The Labute approximate surface area is 134 Å². The van der Waals surface area contributed by atoms with E-state index in [1.54, 1.807) is 12.1 Å². The van der Waals surface area contributed by atoms with Crippen LogP contribution in [0.3, 0.4) is 0 Å². The maximum atomic E-state index is 11.1. The molecule has 0 spiro atoms. The van der Waals surface area contributed by atoms with Gasteiger partial charge in [0.15, 0.2) is 0 Å². The second kappa shape index (κ2) is 8.60. The first-order valence-corrected chi connectivity index (χ1v) is 7.35. The monoisotopic (exact) mass is 316 g/mol. The molecule has 2 aromatic rings. The molecule has 0 bridgehead atoms. The number of rotatable bonds is 9. The summed E-state index contributed by atoms with van der Waals surface area (Å²) in [5.41, 5.74) is 6.71. The zero-order chi connectivity index (χ0) is 16.5. The Balaban J connectivity index is 1.94. The van der Waals surface area contributed by atoms with Gasteiger partial charge < -0.3 is 21.1 Å². The fourth-order valence-electron chi connectivity index (χ4n) is 2.03. The molecule has 0 radical (unpaired) electrons. The van der Waals surface area contributed by atoms with E-state index in [0.717, 1.165) is 11.4 Å². The molecular formula is C16H20N4O3. The lowest BCUT2D eigenvalue weighted by molar-refractivity contribution is -0.383. The van der Waals surface area contributed by atoms with E-state index in [0.29, 0.717) is 31.9 Å². The highest BCUT2D eigenvalue weighted by atomic mass is 16.6. The molecule has 4 N–H and O–H groups in total. The Kier molecular flexibility index (Phi) is 6.19. The summed E-state index contributed by atoms with van der Waals surface area (Å²) < 4.78 is 5.56. The molecule has 0 amide bonds. The van der Waals surface area contributed by atoms with Crippen molar-refractivity contribution in [3.8, 4) is 5.75 Å².